The summed E-state index contributed by atoms with van der Waals surface area (Å²) in [4.78, 5) is 23.5. The molecule has 1 fully saturated rings. The van der Waals surface area contributed by atoms with Gasteiger partial charge in [-0.05, 0) is 67.5 Å². The zero-order valence-corrected chi connectivity index (χ0v) is 15.1. The highest BCUT2D eigenvalue weighted by Crippen LogP contribution is 2.32. The van der Waals surface area contributed by atoms with Gasteiger partial charge in [0.15, 0.2) is 0 Å². The van der Waals surface area contributed by atoms with Crippen molar-refractivity contribution in [3.05, 3.63) is 46.3 Å². The normalized spacial score (nSPS) is 16.4. The van der Waals surface area contributed by atoms with Crippen LogP contribution < -0.4 is 5.32 Å². The number of hydrogen-bond acceptors (Lipinski definition) is 4. The lowest BCUT2D eigenvalue weighted by molar-refractivity contribution is 0.103. The zero-order valence-electron chi connectivity index (χ0n) is 14.3. The third-order valence-corrected chi connectivity index (χ3v) is 5.88. The van der Waals surface area contributed by atoms with Crippen molar-refractivity contribution >= 4 is 34.1 Å². The van der Waals surface area contributed by atoms with E-state index in [2.05, 4.69) is 28.3 Å². The number of aromatic nitrogens is 2. The molecule has 4 rings (SSSR count). The maximum atomic E-state index is 12.3. The van der Waals surface area contributed by atoms with Crippen LogP contribution in [0.25, 0.3) is 11.0 Å². The van der Waals surface area contributed by atoms with Crippen molar-refractivity contribution in [1.29, 1.82) is 0 Å². The van der Waals surface area contributed by atoms with Gasteiger partial charge in [0.05, 0.1) is 15.9 Å². The van der Waals surface area contributed by atoms with Crippen molar-refractivity contribution in [3.63, 3.8) is 0 Å². The molecule has 0 radical (unpaired) electrons. The van der Waals surface area contributed by atoms with Gasteiger partial charge in [-0.2, -0.15) is 0 Å². The van der Waals surface area contributed by atoms with Crippen molar-refractivity contribution < 1.29 is 4.79 Å². The number of pyridine rings is 1. The Hall–Kier alpha value is -2.18. The second-order valence-corrected chi connectivity index (χ2v) is 7.42. The van der Waals surface area contributed by atoms with Gasteiger partial charge in [-0.25, -0.2) is 4.98 Å². The van der Waals surface area contributed by atoms with Crippen LogP contribution in [-0.4, -0.2) is 40.4 Å². The summed E-state index contributed by atoms with van der Waals surface area (Å²) in [5.41, 5.74) is 3.29. The number of aromatic amines is 1. The summed E-state index contributed by atoms with van der Waals surface area (Å²) in [6, 6.07) is 7.55. The highest BCUT2D eigenvalue weighted by molar-refractivity contribution is 7.12. The molecule has 130 valence electrons. The van der Waals surface area contributed by atoms with Gasteiger partial charge < -0.3 is 15.2 Å². The Morgan fingerprint density at radius 3 is 2.92 bits per heavy atom. The Balaban J connectivity index is 1.56. The molecule has 25 heavy (non-hydrogen) atoms. The summed E-state index contributed by atoms with van der Waals surface area (Å²) in [6.07, 6.45) is 4.41. The second kappa shape index (κ2) is 6.98. The summed E-state index contributed by atoms with van der Waals surface area (Å²) in [5.74, 6) is 1.04. The van der Waals surface area contributed by atoms with Crippen molar-refractivity contribution in [2.75, 3.05) is 25.0 Å². The van der Waals surface area contributed by atoms with E-state index in [0.717, 1.165) is 43.5 Å². The first-order chi connectivity index (χ1) is 12.2. The monoisotopic (exact) mass is 354 g/mol. The Bertz CT molecular complexity index is 863. The minimum atomic E-state index is -0.102. The number of H-pyrrole nitrogens is 1. The smallest absolute Gasteiger partial charge is 0.266 e. The number of likely N-dealkylation sites (tertiary alicyclic amines) is 1. The summed E-state index contributed by atoms with van der Waals surface area (Å²) < 4.78 is 0. The topological polar surface area (TPSA) is 61.0 Å². The molecule has 4 heterocycles. The highest BCUT2D eigenvalue weighted by atomic mass is 32.1. The minimum absolute atomic E-state index is 0.102. The number of rotatable bonds is 4. The molecular formula is C19H22N4OS. The molecule has 1 aliphatic heterocycles. The van der Waals surface area contributed by atoms with E-state index in [1.54, 1.807) is 0 Å². The molecule has 6 heteroatoms. The number of fused-ring (bicyclic) bond motifs is 1. The first kappa shape index (κ1) is 16.3. The predicted molar refractivity (Wildman–Crippen MR) is 102 cm³/mol. The van der Waals surface area contributed by atoms with E-state index in [-0.39, 0.29) is 5.91 Å². The Kier molecular flexibility index (Phi) is 4.55. The number of thiophene rings is 1. The molecule has 2 N–H and O–H groups in total. The van der Waals surface area contributed by atoms with Crippen LogP contribution in [0, 0.1) is 0 Å². The molecule has 1 amide bonds. The fourth-order valence-electron chi connectivity index (χ4n) is 3.55. The lowest BCUT2D eigenvalue weighted by atomic mass is 9.90. The number of carbonyl (C=O) groups excluding carboxylic acids is 1. The van der Waals surface area contributed by atoms with Gasteiger partial charge in [0.1, 0.15) is 5.82 Å². The van der Waals surface area contributed by atoms with Crippen LogP contribution in [0.15, 0.2) is 35.8 Å². The third-order valence-electron chi connectivity index (χ3n) is 5.01. The molecule has 1 aliphatic rings. The fraction of sp³-hybridized carbons (Fsp3) is 0.368. The van der Waals surface area contributed by atoms with E-state index in [1.165, 1.54) is 16.9 Å². The molecule has 0 bridgehead atoms. The molecule has 5 nitrogen and oxygen atoms in total. The number of anilines is 1. The van der Waals surface area contributed by atoms with E-state index < -0.39 is 0 Å². The molecule has 0 atom stereocenters. The van der Waals surface area contributed by atoms with Crippen molar-refractivity contribution in [1.82, 2.24) is 14.9 Å². The number of amides is 1. The lowest BCUT2D eigenvalue weighted by Gasteiger charge is -2.30. The number of hydrogen-bond donors (Lipinski definition) is 2. The predicted octanol–water partition coefficient (Wildman–Crippen LogP) is 4.08. The van der Waals surface area contributed by atoms with Gasteiger partial charge >= 0.3 is 0 Å². The summed E-state index contributed by atoms with van der Waals surface area (Å²) in [7, 11) is 0. The van der Waals surface area contributed by atoms with E-state index in [0.29, 0.717) is 16.6 Å². The largest absolute Gasteiger partial charge is 0.360 e. The summed E-state index contributed by atoms with van der Waals surface area (Å²) in [6.45, 7) is 5.62. The average molecular weight is 354 g/mol. The van der Waals surface area contributed by atoms with Crippen LogP contribution in [0.2, 0.25) is 0 Å². The molecule has 0 aromatic carbocycles. The van der Waals surface area contributed by atoms with E-state index >= 15 is 0 Å². The first-order valence-corrected chi connectivity index (χ1v) is 9.68. The number of piperidine rings is 1. The van der Waals surface area contributed by atoms with Crippen LogP contribution in [0.5, 0.6) is 0 Å². The number of nitrogens with zero attached hydrogens (tertiary/aromatic N) is 2. The van der Waals surface area contributed by atoms with E-state index in [1.807, 2.05) is 29.6 Å². The molecule has 0 aliphatic carbocycles. The molecule has 3 aromatic rings. The van der Waals surface area contributed by atoms with Gasteiger partial charge in [0.25, 0.3) is 5.91 Å². The van der Waals surface area contributed by atoms with Crippen LogP contribution in [0.3, 0.4) is 0 Å². The van der Waals surface area contributed by atoms with Gasteiger partial charge in [-0.15, -0.1) is 11.3 Å². The quantitative estimate of drug-likeness (QED) is 0.742. The van der Waals surface area contributed by atoms with Crippen molar-refractivity contribution in [2.45, 2.75) is 25.7 Å². The Morgan fingerprint density at radius 2 is 2.20 bits per heavy atom. The molecule has 3 aromatic heterocycles. The Labute approximate surface area is 151 Å². The zero-order chi connectivity index (χ0) is 17.2. The molecule has 0 saturated carbocycles. The van der Waals surface area contributed by atoms with Crippen LogP contribution in [-0.2, 0) is 0 Å². The van der Waals surface area contributed by atoms with Crippen LogP contribution in [0.1, 0.15) is 40.9 Å². The first-order valence-electron chi connectivity index (χ1n) is 8.80. The lowest BCUT2D eigenvalue weighted by Crippen LogP contribution is -2.32. The maximum Gasteiger partial charge on any atom is 0.266 e. The second-order valence-electron chi connectivity index (χ2n) is 6.48. The van der Waals surface area contributed by atoms with Crippen molar-refractivity contribution in [2.24, 2.45) is 0 Å². The fourth-order valence-corrected chi connectivity index (χ4v) is 4.17. The van der Waals surface area contributed by atoms with E-state index in [4.69, 9.17) is 4.98 Å². The molecular weight excluding hydrogens is 332 g/mol. The van der Waals surface area contributed by atoms with Gasteiger partial charge in [0.2, 0.25) is 0 Å². The van der Waals surface area contributed by atoms with Crippen LogP contribution >= 0.6 is 11.3 Å². The Morgan fingerprint density at radius 1 is 1.36 bits per heavy atom. The van der Waals surface area contributed by atoms with Gasteiger partial charge in [-0.1, -0.05) is 13.0 Å². The number of carbonyl (C=O) groups is 1. The molecule has 0 unspecified atom stereocenters. The maximum absolute atomic E-state index is 12.3. The minimum Gasteiger partial charge on any atom is -0.360 e. The van der Waals surface area contributed by atoms with Gasteiger partial charge in [-0.3, -0.25) is 4.79 Å². The SMILES string of the molecule is CCN1CCC(c2c[nH]c3ccc(NC(=O)c4cccs4)nc23)CC1. The molecule has 1 saturated heterocycles. The third kappa shape index (κ3) is 3.32. The number of nitrogens with one attached hydrogen (secondary N) is 2. The summed E-state index contributed by atoms with van der Waals surface area (Å²) in [5, 5.41) is 4.81. The summed E-state index contributed by atoms with van der Waals surface area (Å²) >= 11 is 1.43. The standard InChI is InChI=1S/C19H22N4OS/c1-2-23-9-7-13(8-10-23)14-12-20-15-5-6-17(21-18(14)15)22-19(24)16-4-3-11-25-16/h3-6,11-13,20H,2,7-10H2,1H3,(H,21,22,24). The van der Waals surface area contributed by atoms with Crippen molar-refractivity contribution in [3.8, 4) is 0 Å². The van der Waals surface area contributed by atoms with E-state index in [9.17, 15) is 4.79 Å². The van der Waals surface area contributed by atoms with Gasteiger partial charge in [0, 0.05) is 6.20 Å². The van der Waals surface area contributed by atoms with Crippen LogP contribution in [0.4, 0.5) is 5.82 Å². The molecule has 0 spiro atoms. The average Bonchev–Trinajstić information content (AvgIpc) is 3.31. The highest BCUT2D eigenvalue weighted by Gasteiger charge is 2.23.